The van der Waals surface area contributed by atoms with Crippen LogP contribution in [0.2, 0.25) is 0 Å². The van der Waals surface area contributed by atoms with E-state index >= 15 is 0 Å². The van der Waals surface area contributed by atoms with Gasteiger partial charge in [0.25, 0.3) is 0 Å². The zero-order chi connectivity index (χ0) is 14.2. The maximum atomic E-state index is 4.37. The number of likely N-dealkylation sites (N-methyl/N-ethyl adjacent to an activating group) is 1. The van der Waals surface area contributed by atoms with Gasteiger partial charge in [-0.15, -0.1) is 0 Å². The highest BCUT2D eigenvalue weighted by atomic mass is 15.1. The SMILES string of the molecule is CC1CCCC(NCCN(C)CCc2ccccn2)C1. The number of nitrogens with one attached hydrogen (secondary N) is 1. The van der Waals surface area contributed by atoms with E-state index in [0.29, 0.717) is 0 Å². The summed E-state index contributed by atoms with van der Waals surface area (Å²) in [4.78, 5) is 6.77. The molecule has 0 spiro atoms. The van der Waals surface area contributed by atoms with Crippen molar-refractivity contribution in [3.05, 3.63) is 30.1 Å². The van der Waals surface area contributed by atoms with Crippen LogP contribution < -0.4 is 5.32 Å². The molecule has 2 unspecified atom stereocenters. The number of pyridine rings is 1. The minimum atomic E-state index is 0.753. The van der Waals surface area contributed by atoms with Crippen LogP contribution in [0.4, 0.5) is 0 Å². The molecule has 112 valence electrons. The molecule has 1 N–H and O–H groups in total. The second kappa shape index (κ2) is 8.38. The van der Waals surface area contributed by atoms with Crippen molar-refractivity contribution in [3.8, 4) is 0 Å². The van der Waals surface area contributed by atoms with Gasteiger partial charge in [0.05, 0.1) is 0 Å². The molecule has 0 bridgehead atoms. The second-order valence-electron chi connectivity index (χ2n) is 6.30. The third kappa shape index (κ3) is 5.59. The Morgan fingerprint density at radius 1 is 1.30 bits per heavy atom. The van der Waals surface area contributed by atoms with Crippen LogP contribution in [-0.2, 0) is 6.42 Å². The van der Waals surface area contributed by atoms with Gasteiger partial charge in [-0.2, -0.15) is 0 Å². The number of hydrogen-bond acceptors (Lipinski definition) is 3. The summed E-state index contributed by atoms with van der Waals surface area (Å²) in [5.41, 5.74) is 1.19. The lowest BCUT2D eigenvalue weighted by Gasteiger charge is -2.28. The van der Waals surface area contributed by atoms with Crippen LogP contribution in [-0.4, -0.2) is 42.6 Å². The number of hydrogen-bond donors (Lipinski definition) is 1. The molecule has 3 heteroatoms. The van der Waals surface area contributed by atoms with Gasteiger partial charge in [-0.3, -0.25) is 4.98 Å². The van der Waals surface area contributed by atoms with Crippen LogP contribution in [0.5, 0.6) is 0 Å². The molecule has 1 aromatic rings. The van der Waals surface area contributed by atoms with E-state index in [2.05, 4.69) is 41.3 Å². The molecule has 3 nitrogen and oxygen atoms in total. The van der Waals surface area contributed by atoms with Gasteiger partial charge in [0.1, 0.15) is 0 Å². The highest BCUT2D eigenvalue weighted by Gasteiger charge is 2.17. The third-order valence-electron chi connectivity index (χ3n) is 4.34. The number of nitrogens with zero attached hydrogens (tertiary/aromatic N) is 2. The van der Waals surface area contributed by atoms with Crippen molar-refractivity contribution in [2.45, 2.75) is 45.1 Å². The van der Waals surface area contributed by atoms with E-state index in [1.54, 1.807) is 0 Å². The predicted molar refractivity (Wildman–Crippen MR) is 84.9 cm³/mol. The topological polar surface area (TPSA) is 28.2 Å². The van der Waals surface area contributed by atoms with Crippen molar-refractivity contribution in [2.75, 3.05) is 26.7 Å². The summed E-state index contributed by atoms with van der Waals surface area (Å²) in [6.45, 7) is 5.69. The fourth-order valence-electron chi connectivity index (χ4n) is 3.04. The maximum absolute atomic E-state index is 4.37. The smallest absolute Gasteiger partial charge is 0.0416 e. The van der Waals surface area contributed by atoms with Crippen molar-refractivity contribution >= 4 is 0 Å². The van der Waals surface area contributed by atoms with Gasteiger partial charge < -0.3 is 10.2 Å². The minimum Gasteiger partial charge on any atom is -0.313 e. The van der Waals surface area contributed by atoms with Gasteiger partial charge in [0, 0.05) is 44.0 Å². The van der Waals surface area contributed by atoms with Crippen molar-refractivity contribution in [3.63, 3.8) is 0 Å². The van der Waals surface area contributed by atoms with Crippen molar-refractivity contribution in [1.29, 1.82) is 0 Å². The average molecular weight is 275 g/mol. The first kappa shape index (κ1) is 15.5. The van der Waals surface area contributed by atoms with Crippen LogP contribution in [0.25, 0.3) is 0 Å². The summed E-state index contributed by atoms with van der Waals surface area (Å²) < 4.78 is 0. The average Bonchev–Trinajstić information content (AvgIpc) is 2.46. The van der Waals surface area contributed by atoms with Crippen molar-refractivity contribution in [2.24, 2.45) is 5.92 Å². The van der Waals surface area contributed by atoms with Gasteiger partial charge in [0.15, 0.2) is 0 Å². The van der Waals surface area contributed by atoms with E-state index in [9.17, 15) is 0 Å². The van der Waals surface area contributed by atoms with E-state index < -0.39 is 0 Å². The minimum absolute atomic E-state index is 0.753. The van der Waals surface area contributed by atoms with E-state index in [0.717, 1.165) is 38.0 Å². The Labute approximate surface area is 123 Å². The molecule has 1 aromatic heterocycles. The quantitative estimate of drug-likeness (QED) is 0.829. The maximum Gasteiger partial charge on any atom is 0.0416 e. The second-order valence-corrected chi connectivity index (χ2v) is 6.30. The lowest BCUT2D eigenvalue weighted by Crippen LogP contribution is -2.38. The molecule has 0 saturated heterocycles. The first-order valence-electron chi connectivity index (χ1n) is 8.06. The third-order valence-corrected chi connectivity index (χ3v) is 4.34. The molecular weight excluding hydrogens is 246 g/mol. The van der Waals surface area contributed by atoms with Gasteiger partial charge in [-0.05, 0) is 37.9 Å². The monoisotopic (exact) mass is 275 g/mol. The largest absolute Gasteiger partial charge is 0.313 e. The molecule has 20 heavy (non-hydrogen) atoms. The molecule has 1 aliphatic carbocycles. The standard InChI is InChI=1S/C17H29N3/c1-15-6-5-8-17(14-15)19-11-13-20(2)12-9-16-7-3-4-10-18-16/h3-4,7,10,15,17,19H,5-6,8-9,11-14H2,1-2H3. The van der Waals surface area contributed by atoms with Crippen LogP contribution >= 0.6 is 0 Å². The summed E-state index contributed by atoms with van der Waals surface area (Å²) in [5.74, 6) is 0.906. The van der Waals surface area contributed by atoms with Crippen LogP contribution in [0.1, 0.15) is 38.3 Å². The zero-order valence-corrected chi connectivity index (χ0v) is 13.0. The van der Waals surface area contributed by atoms with Crippen LogP contribution in [0.15, 0.2) is 24.4 Å². The Balaban J connectivity index is 1.57. The Bertz CT molecular complexity index is 366. The van der Waals surface area contributed by atoms with Gasteiger partial charge >= 0.3 is 0 Å². The molecule has 0 amide bonds. The molecule has 1 saturated carbocycles. The Hall–Kier alpha value is -0.930. The van der Waals surface area contributed by atoms with Crippen LogP contribution in [0.3, 0.4) is 0 Å². The van der Waals surface area contributed by atoms with Gasteiger partial charge in [0.2, 0.25) is 0 Å². The van der Waals surface area contributed by atoms with Crippen LogP contribution in [0, 0.1) is 5.92 Å². The Kier molecular flexibility index (Phi) is 6.48. The summed E-state index contributed by atoms with van der Waals surface area (Å²) in [6, 6.07) is 6.90. The normalized spacial score (nSPS) is 23.1. The van der Waals surface area contributed by atoms with E-state index in [4.69, 9.17) is 0 Å². The predicted octanol–water partition coefficient (Wildman–Crippen LogP) is 2.72. The molecular formula is C17H29N3. The first-order chi connectivity index (χ1) is 9.74. The molecule has 0 radical (unpaired) electrons. The lowest BCUT2D eigenvalue weighted by atomic mass is 9.87. The fourth-order valence-corrected chi connectivity index (χ4v) is 3.04. The summed E-state index contributed by atoms with van der Waals surface area (Å²) in [6.07, 6.45) is 8.45. The highest BCUT2D eigenvalue weighted by molar-refractivity contribution is 5.03. The highest BCUT2D eigenvalue weighted by Crippen LogP contribution is 2.23. The van der Waals surface area contributed by atoms with E-state index in [1.165, 1.54) is 31.4 Å². The number of rotatable bonds is 7. The Morgan fingerprint density at radius 3 is 2.95 bits per heavy atom. The fraction of sp³-hybridized carbons (Fsp3) is 0.706. The van der Waals surface area contributed by atoms with Crippen molar-refractivity contribution in [1.82, 2.24) is 15.2 Å². The lowest BCUT2D eigenvalue weighted by molar-refractivity contribution is 0.278. The number of aromatic nitrogens is 1. The van der Waals surface area contributed by atoms with E-state index in [-0.39, 0.29) is 0 Å². The molecule has 1 aliphatic rings. The molecule has 1 heterocycles. The summed E-state index contributed by atoms with van der Waals surface area (Å²) >= 11 is 0. The van der Waals surface area contributed by atoms with Gasteiger partial charge in [-0.1, -0.05) is 25.8 Å². The zero-order valence-electron chi connectivity index (χ0n) is 13.0. The molecule has 0 aliphatic heterocycles. The van der Waals surface area contributed by atoms with E-state index in [1.807, 2.05) is 12.3 Å². The molecule has 2 atom stereocenters. The Morgan fingerprint density at radius 2 is 2.20 bits per heavy atom. The van der Waals surface area contributed by atoms with Gasteiger partial charge in [-0.25, -0.2) is 0 Å². The molecule has 2 rings (SSSR count). The summed E-state index contributed by atoms with van der Waals surface area (Å²) in [5, 5.41) is 3.72. The molecule has 1 fully saturated rings. The summed E-state index contributed by atoms with van der Waals surface area (Å²) in [7, 11) is 2.20. The molecule has 0 aromatic carbocycles. The first-order valence-corrected chi connectivity index (χ1v) is 8.06. The van der Waals surface area contributed by atoms with Crippen molar-refractivity contribution < 1.29 is 0 Å².